The molecule has 0 spiro atoms. The summed E-state index contributed by atoms with van der Waals surface area (Å²) >= 11 is 0. The van der Waals surface area contributed by atoms with Crippen LogP contribution < -0.4 is 10.1 Å². The van der Waals surface area contributed by atoms with Gasteiger partial charge in [-0.2, -0.15) is 0 Å². The van der Waals surface area contributed by atoms with Crippen LogP contribution in [0.15, 0.2) is 30.3 Å². The Bertz CT molecular complexity index is 413. The highest BCUT2D eigenvalue weighted by atomic mass is 16.5. The topological polar surface area (TPSA) is 58.6 Å². The van der Waals surface area contributed by atoms with Crippen molar-refractivity contribution in [1.82, 2.24) is 5.32 Å². The van der Waals surface area contributed by atoms with E-state index in [4.69, 9.17) is 4.74 Å². The molecule has 0 aromatic heterocycles. The van der Waals surface area contributed by atoms with Crippen molar-refractivity contribution in [3.63, 3.8) is 0 Å². The van der Waals surface area contributed by atoms with E-state index in [1.165, 1.54) is 0 Å². The van der Waals surface area contributed by atoms with E-state index in [9.17, 15) is 9.90 Å². The Hall–Kier alpha value is -1.55. The van der Waals surface area contributed by atoms with E-state index in [1.807, 2.05) is 30.3 Å². The molecular weight excluding hydrogens is 266 g/mol. The van der Waals surface area contributed by atoms with Gasteiger partial charge in [-0.15, -0.1) is 0 Å². The van der Waals surface area contributed by atoms with E-state index in [0.717, 1.165) is 44.3 Å². The van der Waals surface area contributed by atoms with Gasteiger partial charge >= 0.3 is 0 Å². The van der Waals surface area contributed by atoms with Crippen LogP contribution in [0.3, 0.4) is 0 Å². The van der Waals surface area contributed by atoms with Crippen molar-refractivity contribution in [1.29, 1.82) is 0 Å². The fourth-order valence-corrected chi connectivity index (χ4v) is 2.61. The molecule has 0 unspecified atom stereocenters. The number of para-hydroxylation sites is 1. The van der Waals surface area contributed by atoms with Crippen molar-refractivity contribution in [3.05, 3.63) is 30.3 Å². The molecule has 1 aliphatic rings. The summed E-state index contributed by atoms with van der Waals surface area (Å²) in [5.41, 5.74) is 0. The first-order valence-corrected chi connectivity index (χ1v) is 7.89. The van der Waals surface area contributed by atoms with Gasteiger partial charge in [-0.25, -0.2) is 0 Å². The maximum absolute atomic E-state index is 11.8. The van der Waals surface area contributed by atoms with Crippen LogP contribution >= 0.6 is 0 Å². The lowest BCUT2D eigenvalue weighted by Gasteiger charge is -2.26. The molecule has 4 heteroatoms. The molecule has 2 N–H and O–H groups in total. The summed E-state index contributed by atoms with van der Waals surface area (Å²) in [4.78, 5) is 11.8. The number of carbonyl (C=O) groups excluding carboxylic acids is 1. The predicted octanol–water partition coefficient (Wildman–Crippen LogP) is 2.66. The second-order valence-electron chi connectivity index (χ2n) is 5.69. The maximum atomic E-state index is 11.8. The van der Waals surface area contributed by atoms with Gasteiger partial charge in [-0.05, 0) is 50.7 Å². The van der Waals surface area contributed by atoms with E-state index in [2.05, 4.69) is 5.32 Å². The molecule has 0 heterocycles. The van der Waals surface area contributed by atoms with Crippen LogP contribution in [0, 0.1) is 0 Å². The van der Waals surface area contributed by atoms with E-state index in [-0.39, 0.29) is 18.1 Å². The second kappa shape index (κ2) is 8.67. The minimum atomic E-state index is -0.173. The summed E-state index contributed by atoms with van der Waals surface area (Å²) < 4.78 is 5.59. The number of unbranched alkanes of at least 4 members (excludes halogenated alkanes) is 1. The van der Waals surface area contributed by atoms with Gasteiger partial charge in [0.25, 0.3) is 0 Å². The standard InChI is InChI=1S/C17H25NO3/c19-15-11-9-14(10-12-15)18-17(20)8-4-5-13-21-16-6-2-1-3-7-16/h1-3,6-7,14-15,19H,4-5,8-13H2,(H,18,20). The Balaban J connectivity index is 1.51. The van der Waals surface area contributed by atoms with Crippen LogP contribution in [-0.4, -0.2) is 29.8 Å². The molecule has 0 atom stereocenters. The number of ether oxygens (including phenoxy) is 1. The number of carbonyl (C=O) groups is 1. The molecule has 1 amide bonds. The lowest BCUT2D eigenvalue weighted by molar-refractivity contribution is -0.122. The highest BCUT2D eigenvalue weighted by Crippen LogP contribution is 2.18. The summed E-state index contributed by atoms with van der Waals surface area (Å²) in [6.45, 7) is 0.646. The van der Waals surface area contributed by atoms with Crippen molar-refractivity contribution in [2.75, 3.05) is 6.61 Å². The van der Waals surface area contributed by atoms with Gasteiger partial charge in [0.1, 0.15) is 5.75 Å². The maximum Gasteiger partial charge on any atom is 0.220 e. The van der Waals surface area contributed by atoms with Crippen LogP contribution in [0.25, 0.3) is 0 Å². The smallest absolute Gasteiger partial charge is 0.220 e. The summed E-state index contributed by atoms with van der Waals surface area (Å²) in [6.07, 6.45) is 5.49. The molecule has 21 heavy (non-hydrogen) atoms. The van der Waals surface area contributed by atoms with Gasteiger partial charge in [0.15, 0.2) is 0 Å². The number of benzene rings is 1. The Labute approximate surface area is 126 Å². The van der Waals surface area contributed by atoms with Crippen molar-refractivity contribution < 1.29 is 14.6 Å². The largest absolute Gasteiger partial charge is 0.494 e. The molecule has 0 bridgehead atoms. The average Bonchev–Trinajstić information content (AvgIpc) is 2.50. The first-order valence-electron chi connectivity index (χ1n) is 7.89. The quantitative estimate of drug-likeness (QED) is 0.759. The van der Waals surface area contributed by atoms with E-state index >= 15 is 0 Å². The second-order valence-corrected chi connectivity index (χ2v) is 5.69. The zero-order valence-corrected chi connectivity index (χ0v) is 12.5. The minimum Gasteiger partial charge on any atom is -0.494 e. The fraction of sp³-hybridized carbons (Fsp3) is 0.588. The van der Waals surface area contributed by atoms with Crippen LogP contribution in [0.1, 0.15) is 44.9 Å². The van der Waals surface area contributed by atoms with Crippen LogP contribution in [-0.2, 0) is 4.79 Å². The van der Waals surface area contributed by atoms with Crippen molar-refractivity contribution in [2.24, 2.45) is 0 Å². The molecule has 1 fully saturated rings. The van der Waals surface area contributed by atoms with Crippen LogP contribution in [0.4, 0.5) is 0 Å². The van der Waals surface area contributed by atoms with Gasteiger partial charge < -0.3 is 15.2 Å². The Morgan fingerprint density at radius 1 is 1.14 bits per heavy atom. The van der Waals surface area contributed by atoms with Crippen LogP contribution in [0.5, 0.6) is 5.75 Å². The van der Waals surface area contributed by atoms with Crippen molar-refractivity contribution in [3.8, 4) is 5.75 Å². The molecule has 0 radical (unpaired) electrons. The first-order chi connectivity index (χ1) is 10.2. The van der Waals surface area contributed by atoms with Gasteiger partial charge in [-0.1, -0.05) is 18.2 Å². The monoisotopic (exact) mass is 291 g/mol. The van der Waals surface area contributed by atoms with Gasteiger partial charge in [-0.3, -0.25) is 4.79 Å². The molecule has 2 rings (SSSR count). The Morgan fingerprint density at radius 2 is 1.86 bits per heavy atom. The summed E-state index contributed by atoms with van der Waals surface area (Å²) in [5.74, 6) is 0.999. The van der Waals surface area contributed by atoms with E-state index in [1.54, 1.807) is 0 Å². The number of nitrogens with one attached hydrogen (secondary N) is 1. The highest BCUT2D eigenvalue weighted by molar-refractivity contribution is 5.76. The molecule has 0 saturated heterocycles. The lowest BCUT2D eigenvalue weighted by Crippen LogP contribution is -2.38. The molecule has 1 saturated carbocycles. The third-order valence-electron chi connectivity index (χ3n) is 3.87. The molecule has 0 aliphatic heterocycles. The number of aliphatic hydroxyl groups is 1. The van der Waals surface area contributed by atoms with E-state index < -0.39 is 0 Å². The summed E-state index contributed by atoms with van der Waals surface area (Å²) in [5, 5.41) is 12.5. The molecule has 1 aromatic carbocycles. The SMILES string of the molecule is O=C(CCCCOc1ccccc1)NC1CCC(O)CC1. The summed E-state index contributed by atoms with van der Waals surface area (Å²) in [7, 11) is 0. The number of amides is 1. The minimum absolute atomic E-state index is 0.121. The Morgan fingerprint density at radius 3 is 2.57 bits per heavy atom. The number of aliphatic hydroxyl groups excluding tert-OH is 1. The molecule has 4 nitrogen and oxygen atoms in total. The third kappa shape index (κ3) is 6.17. The molecule has 1 aliphatic carbocycles. The fourth-order valence-electron chi connectivity index (χ4n) is 2.61. The number of rotatable bonds is 7. The number of hydrogen-bond donors (Lipinski definition) is 2. The van der Waals surface area contributed by atoms with Crippen LogP contribution in [0.2, 0.25) is 0 Å². The third-order valence-corrected chi connectivity index (χ3v) is 3.87. The molecular formula is C17H25NO3. The summed E-state index contributed by atoms with van der Waals surface area (Å²) in [6, 6.07) is 9.98. The van der Waals surface area contributed by atoms with Crippen molar-refractivity contribution >= 4 is 5.91 Å². The highest BCUT2D eigenvalue weighted by Gasteiger charge is 2.20. The average molecular weight is 291 g/mol. The molecule has 116 valence electrons. The molecule has 1 aromatic rings. The van der Waals surface area contributed by atoms with Crippen molar-refractivity contribution in [2.45, 2.75) is 57.1 Å². The van der Waals surface area contributed by atoms with Gasteiger partial charge in [0.05, 0.1) is 12.7 Å². The zero-order chi connectivity index (χ0) is 14.9. The Kier molecular flexibility index (Phi) is 6.54. The number of hydrogen-bond acceptors (Lipinski definition) is 3. The normalized spacial score (nSPS) is 21.8. The lowest BCUT2D eigenvalue weighted by atomic mass is 9.93. The first kappa shape index (κ1) is 15.8. The van der Waals surface area contributed by atoms with Gasteiger partial charge in [0.2, 0.25) is 5.91 Å². The van der Waals surface area contributed by atoms with Gasteiger partial charge in [0, 0.05) is 12.5 Å². The zero-order valence-electron chi connectivity index (χ0n) is 12.5. The van der Waals surface area contributed by atoms with E-state index in [0.29, 0.717) is 13.0 Å². The predicted molar refractivity (Wildman–Crippen MR) is 82.2 cm³/mol.